The Bertz CT molecular complexity index is 824. The number of hydrogen-bond donors (Lipinski definition) is 1. The van der Waals surface area contributed by atoms with E-state index in [2.05, 4.69) is 11.9 Å². The smallest absolute Gasteiger partial charge is 0.293 e. The van der Waals surface area contributed by atoms with Gasteiger partial charge in [0.15, 0.2) is 5.92 Å². The van der Waals surface area contributed by atoms with Gasteiger partial charge in [-0.3, -0.25) is 14.5 Å². The molecular formula is C17H13FN4O2S. The molecule has 1 N–H and O–H groups in total. The van der Waals surface area contributed by atoms with Crippen molar-refractivity contribution in [3.63, 3.8) is 0 Å². The average molecular weight is 356 g/mol. The Morgan fingerprint density at radius 2 is 2.04 bits per heavy atom. The van der Waals surface area contributed by atoms with E-state index in [9.17, 15) is 14.0 Å². The molecule has 0 spiro atoms. The van der Waals surface area contributed by atoms with Crippen molar-refractivity contribution in [2.24, 2.45) is 5.92 Å². The minimum Gasteiger partial charge on any atom is -0.385 e. The summed E-state index contributed by atoms with van der Waals surface area (Å²) in [4.78, 5) is 25.4. The van der Waals surface area contributed by atoms with E-state index in [1.807, 2.05) is 0 Å². The molecule has 0 aliphatic carbocycles. The summed E-state index contributed by atoms with van der Waals surface area (Å²) < 4.78 is 13.7. The summed E-state index contributed by atoms with van der Waals surface area (Å²) in [5, 5.41) is 19.8. The first-order valence-electron chi connectivity index (χ1n) is 7.19. The van der Waals surface area contributed by atoms with Crippen molar-refractivity contribution in [3.8, 4) is 12.1 Å². The summed E-state index contributed by atoms with van der Waals surface area (Å²) in [6, 6.07) is 9.49. The molecular weight excluding hydrogens is 343 g/mol. The van der Waals surface area contributed by atoms with Gasteiger partial charge in [0.05, 0.1) is 17.0 Å². The predicted octanol–water partition coefficient (Wildman–Crippen LogP) is 2.63. The quantitative estimate of drug-likeness (QED) is 0.787. The van der Waals surface area contributed by atoms with Gasteiger partial charge in [-0.25, -0.2) is 4.39 Å². The van der Waals surface area contributed by atoms with Crippen molar-refractivity contribution >= 4 is 29.0 Å². The molecule has 0 aromatic heterocycles. The summed E-state index contributed by atoms with van der Waals surface area (Å²) in [5.74, 6) is -2.00. The number of imide groups is 1. The van der Waals surface area contributed by atoms with Crippen LogP contribution in [0.5, 0.6) is 0 Å². The van der Waals surface area contributed by atoms with Crippen LogP contribution in [0.1, 0.15) is 5.56 Å². The number of thioether (sulfide) groups is 1. The molecule has 1 fully saturated rings. The Labute approximate surface area is 148 Å². The van der Waals surface area contributed by atoms with Crippen LogP contribution in [0.3, 0.4) is 0 Å². The maximum absolute atomic E-state index is 13.7. The fraction of sp³-hybridized carbons (Fsp3) is 0.176. The van der Waals surface area contributed by atoms with Crippen LogP contribution in [0.2, 0.25) is 0 Å². The van der Waals surface area contributed by atoms with Crippen molar-refractivity contribution in [2.75, 3.05) is 13.1 Å². The molecule has 0 radical (unpaired) electrons. The monoisotopic (exact) mass is 356 g/mol. The van der Waals surface area contributed by atoms with Gasteiger partial charge in [0.25, 0.3) is 11.1 Å². The number of allylic oxidation sites excluding steroid dienone is 1. The number of halogens is 1. The molecule has 1 aromatic rings. The Morgan fingerprint density at radius 1 is 1.36 bits per heavy atom. The van der Waals surface area contributed by atoms with Crippen LogP contribution in [-0.4, -0.2) is 29.1 Å². The number of benzene rings is 1. The topological polar surface area (TPSA) is 97.0 Å². The molecule has 1 saturated heterocycles. The molecule has 6 nitrogen and oxygen atoms in total. The molecule has 25 heavy (non-hydrogen) atoms. The fourth-order valence-electron chi connectivity index (χ4n) is 2.04. The molecule has 1 heterocycles. The van der Waals surface area contributed by atoms with Gasteiger partial charge in [-0.1, -0.05) is 24.8 Å². The molecule has 0 bridgehead atoms. The third kappa shape index (κ3) is 4.25. The highest BCUT2D eigenvalue weighted by atomic mass is 32.2. The van der Waals surface area contributed by atoms with Crippen LogP contribution in [0.25, 0.3) is 6.08 Å². The third-order valence-electron chi connectivity index (χ3n) is 3.36. The van der Waals surface area contributed by atoms with E-state index in [1.54, 1.807) is 18.2 Å². The number of hydrogen-bond acceptors (Lipinski definition) is 6. The zero-order chi connectivity index (χ0) is 18.4. The largest absolute Gasteiger partial charge is 0.385 e. The summed E-state index contributed by atoms with van der Waals surface area (Å²) in [6.07, 6.45) is 1.34. The van der Waals surface area contributed by atoms with E-state index >= 15 is 0 Å². The number of carbonyl (C=O) groups is 2. The number of nitrogens with one attached hydrogen (secondary N) is 1. The Balaban J connectivity index is 2.00. The van der Waals surface area contributed by atoms with E-state index in [0.717, 1.165) is 16.7 Å². The molecule has 0 saturated carbocycles. The van der Waals surface area contributed by atoms with Gasteiger partial charge in [-0.15, -0.1) is 0 Å². The molecule has 1 aliphatic heterocycles. The van der Waals surface area contributed by atoms with E-state index in [1.165, 1.54) is 24.3 Å². The lowest BCUT2D eigenvalue weighted by Crippen LogP contribution is -2.35. The number of amides is 2. The van der Waals surface area contributed by atoms with Gasteiger partial charge < -0.3 is 5.32 Å². The summed E-state index contributed by atoms with van der Waals surface area (Å²) in [7, 11) is 0. The Kier molecular flexibility index (Phi) is 5.93. The first kappa shape index (κ1) is 18.2. The fourth-order valence-corrected chi connectivity index (χ4v) is 2.90. The molecule has 8 heteroatoms. The van der Waals surface area contributed by atoms with E-state index in [0.29, 0.717) is 0 Å². The lowest BCUT2D eigenvalue weighted by Gasteiger charge is -2.14. The molecule has 2 rings (SSSR count). The number of rotatable bonds is 6. The zero-order valence-corrected chi connectivity index (χ0v) is 13.8. The molecule has 126 valence electrons. The normalized spacial score (nSPS) is 15.4. The minimum absolute atomic E-state index is 0.0435. The van der Waals surface area contributed by atoms with Crippen LogP contribution in [0.15, 0.2) is 41.4 Å². The van der Waals surface area contributed by atoms with Crippen LogP contribution >= 0.6 is 11.8 Å². The molecule has 0 atom stereocenters. The minimum atomic E-state index is -1.00. The lowest BCUT2D eigenvalue weighted by molar-refractivity contribution is -0.122. The summed E-state index contributed by atoms with van der Waals surface area (Å²) in [6.45, 7) is 3.78. The molecule has 2 amide bonds. The van der Waals surface area contributed by atoms with Crippen LogP contribution < -0.4 is 5.32 Å². The predicted molar refractivity (Wildman–Crippen MR) is 90.9 cm³/mol. The second-order valence-corrected chi connectivity index (χ2v) is 5.99. The highest BCUT2D eigenvalue weighted by Crippen LogP contribution is 2.32. The van der Waals surface area contributed by atoms with Crippen LogP contribution in [-0.2, 0) is 4.79 Å². The molecule has 0 unspecified atom stereocenters. The van der Waals surface area contributed by atoms with Gasteiger partial charge in [0.1, 0.15) is 5.82 Å². The third-order valence-corrected chi connectivity index (χ3v) is 4.27. The second-order valence-electron chi connectivity index (χ2n) is 5.00. The van der Waals surface area contributed by atoms with E-state index in [4.69, 9.17) is 10.5 Å². The average Bonchev–Trinajstić information content (AvgIpc) is 2.85. The van der Waals surface area contributed by atoms with Gasteiger partial charge >= 0.3 is 0 Å². The highest BCUT2D eigenvalue weighted by molar-refractivity contribution is 8.18. The Morgan fingerprint density at radius 3 is 2.68 bits per heavy atom. The van der Waals surface area contributed by atoms with Crippen molar-refractivity contribution in [1.29, 1.82) is 10.5 Å². The first-order chi connectivity index (χ1) is 12.0. The molecule has 1 aromatic carbocycles. The van der Waals surface area contributed by atoms with Crippen LogP contribution in [0.4, 0.5) is 9.18 Å². The van der Waals surface area contributed by atoms with Gasteiger partial charge in [0, 0.05) is 24.4 Å². The summed E-state index contributed by atoms with van der Waals surface area (Å²) in [5.41, 5.74) is 0.434. The standard InChI is InChI=1S/C17H13FN4O2S/c1-11(13(9-19)10-20)21-6-7-22-16(23)15(25-17(22)24)8-12-4-2-3-5-14(12)18/h2-5,8,13,21H,1,6-7H2/b15-8-. The van der Waals surface area contributed by atoms with Gasteiger partial charge in [-0.2, -0.15) is 10.5 Å². The maximum Gasteiger partial charge on any atom is 0.293 e. The number of carbonyl (C=O) groups excluding carboxylic acids is 2. The van der Waals surface area contributed by atoms with E-state index in [-0.39, 0.29) is 29.3 Å². The van der Waals surface area contributed by atoms with Gasteiger partial charge in [-0.05, 0) is 23.9 Å². The summed E-state index contributed by atoms with van der Waals surface area (Å²) >= 11 is 0.736. The number of nitrogens with zero attached hydrogens (tertiary/aromatic N) is 3. The maximum atomic E-state index is 13.7. The SMILES string of the molecule is C=C(NCCN1C(=O)S/C(=C\c2ccccc2F)C1=O)C(C#N)C#N. The van der Waals surface area contributed by atoms with Gasteiger partial charge in [0.2, 0.25) is 0 Å². The van der Waals surface area contributed by atoms with Crippen molar-refractivity contribution < 1.29 is 14.0 Å². The first-order valence-corrected chi connectivity index (χ1v) is 8.01. The number of nitriles is 2. The van der Waals surface area contributed by atoms with Crippen molar-refractivity contribution in [3.05, 3.63) is 52.8 Å². The Hall–Kier alpha value is -3.10. The zero-order valence-electron chi connectivity index (χ0n) is 13.0. The van der Waals surface area contributed by atoms with Crippen LogP contribution in [0, 0.1) is 34.4 Å². The lowest BCUT2D eigenvalue weighted by atomic mass is 10.1. The highest BCUT2D eigenvalue weighted by Gasteiger charge is 2.34. The van der Waals surface area contributed by atoms with E-state index < -0.39 is 22.9 Å². The molecule has 1 aliphatic rings. The van der Waals surface area contributed by atoms with Crippen molar-refractivity contribution in [2.45, 2.75) is 0 Å². The van der Waals surface area contributed by atoms with Crippen molar-refractivity contribution in [1.82, 2.24) is 10.2 Å². The second kappa shape index (κ2) is 8.13.